The zero-order valence-corrected chi connectivity index (χ0v) is 11.4. The number of carbonyl (C=O) groups is 2. The lowest BCUT2D eigenvalue weighted by atomic mass is 9.96. The molecule has 0 radical (unpaired) electrons. The quantitative estimate of drug-likeness (QED) is 0.370. The number of hydrogen-bond acceptors (Lipinski definition) is 3. The molecule has 0 aromatic heterocycles. The van der Waals surface area contributed by atoms with Crippen molar-refractivity contribution in [3.63, 3.8) is 0 Å². The van der Waals surface area contributed by atoms with Crippen LogP contribution >= 0.6 is 0 Å². The van der Waals surface area contributed by atoms with Crippen LogP contribution in [0.5, 0.6) is 0 Å². The number of unbranched alkanes of at least 4 members (excludes halogenated alkanes) is 2. The molecule has 4 nitrogen and oxygen atoms in total. The second kappa shape index (κ2) is 10.8. The number of rotatable bonds is 10. The maximum atomic E-state index is 11.0. The SMILES string of the molecule is CCC(CC)CCCCCOC(=O)/C=C\C(=O)O. The Labute approximate surface area is 109 Å². The van der Waals surface area contributed by atoms with Gasteiger partial charge in [0.2, 0.25) is 0 Å². The van der Waals surface area contributed by atoms with Gasteiger partial charge in [0.25, 0.3) is 0 Å². The molecule has 0 aromatic carbocycles. The Morgan fingerprint density at radius 1 is 1.11 bits per heavy atom. The Morgan fingerprint density at radius 2 is 1.78 bits per heavy atom. The zero-order chi connectivity index (χ0) is 13.8. The van der Waals surface area contributed by atoms with E-state index in [0.717, 1.165) is 37.3 Å². The molecule has 0 fully saturated rings. The summed E-state index contributed by atoms with van der Waals surface area (Å²) < 4.78 is 4.86. The maximum Gasteiger partial charge on any atom is 0.331 e. The summed E-state index contributed by atoms with van der Waals surface area (Å²) in [5.41, 5.74) is 0. The van der Waals surface area contributed by atoms with E-state index in [9.17, 15) is 9.59 Å². The lowest BCUT2D eigenvalue weighted by Gasteiger charge is -2.11. The van der Waals surface area contributed by atoms with Crippen molar-refractivity contribution in [2.24, 2.45) is 5.92 Å². The Morgan fingerprint density at radius 3 is 2.33 bits per heavy atom. The van der Waals surface area contributed by atoms with Crippen molar-refractivity contribution in [3.8, 4) is 0 Å². The number of carboxylic acids is 1. The van der Waals surface area contributed by atoms with E-state index in [4.69, 9.17) is 9.84 Å². The molecular formula is C14H24O4. The summed E-state index contributed by atoms with van der Waals surface area (Å²) in [5, 5.41) is 8.31. The van der Waals surface area contributed by atoms with Crippen molar-refractivity contribution in [2.45, 2.75) is 52.4 Å². The van der Waals surface area contributed by atoms with Gasteiger partial charge in [0.05, 0.1) is 6.61 Å². The summed E-state index contributed by atoms with van der Waals surface area (Å²) in [6, 6.07) is 0. The van der Waals surface area contributed by atoms with Gasteiger partial charge in [0.1, 0.15) is 0 Å². The highest BCUT2D eigenvalue weighted by Crippen LogP contribution is 2.16. The van der Waals surface area contributed by atoms with Crippen LogP contribution in [0.1, 0.15) is 52.4 Å². The third kappa shape index (κ3) is 9.87. The monoisotopic (exact) mass is 256 g/mol. The molecule has 0 aliphatic rings. The van der Waals surface area contributed by atoms with E-state index >= 15 is 0 Å². The van der Waals surface area contributed by atoms with Crippen molar-refractivity contribution < 1.29 is 19.4 Å². The van der Waals surface area contributed by atoms with Crippen LogP contribution in [0.4, 0.5) is 0 Å². The Bertz CT molecular complexity index is 267. The lowest BCUT2D eigenvalue weighted by molar-refractivity contribution is -0.138. The van der Waals surface area contributed by atoms with Crippen LogP contribution in [0.25, 0.3) is 0 Å². The van der Waals surface area contributed by atoms with E-state index in [1.807, 2.05) is 0 Å². The molecule has 1 N–H and O–H groups in total. The summed E-state index contributed by atoms with van der Waals surface area (Å²) in [6.07, 6.45) is 8.47. The van der Waals surface area contributed by atoms with E-state index in [1.165, 1.54) is 19.3 Å². The van der Waals surface area contributed by atoms with Crippen LogP contribution in [0.15, 0.2) is 12.2 Å². The number of ether oxygens (including phenoxy) is 1. The van der Waals surface area contributed by atoms with Gasteiger partial charge in [-0.2, -0.15) is 0 Å². The molecule has 0 aromatic rings. The normalized spacial score (nSPS) is 11.1. The molecule has 0 rings (SSSR count). The van der Waals surface area contributed by atoms with Gasteiger partial charge in [0.15, 0.2) is 0 Å². The summed E-state index contributed by atoms with van der Waals surface area (Å²) in [7, 11) is 0. The predicted molar refractivity (Wildman–Crippen MR) is 70.3 cm³/mol. The first-order chi connectivity index (χ1) is 8.60. The van der Waals surface area contributed by atoms with Gasteiger partial charge < -0.3 is 9.84 Å². The maximum absolute atomic E-state index is 11.0. The number of hydrogen-bond donors (Lipinski definition) is 1. The zero-order valence-electron chi connectivity index (χ0n) is 11.4. The molecule has 104 valence electrons. The van der Waals surface area contributed by atoms with Crippen LogP contribution in [-0.4, -0.2) is 23.7 Å². The molecule has 0 spiro atoms. The van der Waals surface area contributed by atoms with Crippen molar-refractivity contribution in [2.75, 3.05) is 6.61 Å². The van der Waals surface area contributed by atoms with Gasteiger partial charge in [-0.05, 0) is 12.3 Å². The molecule has 4 heteroatoms. The standard InChI is InChI=1S/C14H24O4/c1-3-12(4-2)8-6-5-7-11-18-14(17)10-9-13(15)16/h9-10,12H,3-8,11H2,1-2H3,(H,15,16)/b10-9-. The van der Waals surface area contributed by atoms with Gasteiger partial charge in [-0.1, -0.05) is 46.0 Å². The number of carboxylic acid groups (broad SMARTS) is 1. The number of carbonyl (C=O) groups excluding carboxylic acids is 1. The molecule has 0 heterocycles. The van der Waals surface area contributed by atoms with Gasteiger partial charge in [-0.3, -0.25) is 0 Å². The average molecular weight is 256 g/mol. The van der Waals surface area contributed by atoms with Crippen LogP contribution in [-0.2, 0) is 14.3 Å². The summed E-state index contributed by atoms with van der Waals surface area (Å²) in [4.78, 5) is 21.2. The molecule has 0 unspecified atom stereocenters. The molecule has 0 bridgehead atoms. The highest BCUT2D eigenvalue weighted by Gasteiger charge is 2.03. The summed E-state index contributed by atoms with van der Waals surface area (Å²) >= 11 is 0. The van der Waals surface area contributed by atoms with E-state index < -0.39 is 11.9 Å². The first kappa shape index (κ1) is 16.7. The fraction of sp³-hybridized carbons (Fsp3) is 0.714. The Balaban J connectivity index is 3.45. The van der Waals surface area contributed by atoms with Gasteiger partial charge in [-0.15, -0.1) is 0 Å². The topological polar surface area (TPSA) is 63.6 Å². The second-order valence-electron chi connectivity index (χ2n) is 4.37. The van der Waals surface area contributed by atoms with Crippen LogP contribution in [0, 0.1) is 5.92 Å². The third-order valence-corrected chi connectivity index (χ3v) is 3.02. The Kier molecular flexibility index (Phi) is 10.0. The first-order valence-electron chi connectivity index (χ1n) is 6.67. The lowest BCUT2D eigenvalue weighted by Crippen LogP contribution is -2.04. The molecule has 0 amide bonds. The van der Waals surface area contributed by atoms with E-state index in [1.54, 1.807) is 0 Å². The van der Waals surface area contributed by atoms with Crippen LogP contribution in [0.3, 0.4) is 0 Å². The fourth-order valence-corrected chi connectivity index (χ4v) is 1.77. The number of aliphatic carboxylic acids is 1. The largest absolute Gasteiger partial charge is 0.478 e. The average Bonchev–Trinajstić information content (AvgIpc) is 2.35. The number of esters is 1. The molecule has 0 saturated carbocycles. The first-order valence-corrected chi connectivity index (χ1v) is 6.67. The van der Waals surface area contributed by atoms with Gasteiger partial charge in [0, 0.05) is 12.2 Å². The molecule has 0 atom stereocenters. The van der Waals surface area contributed by atoms with E-state index in [-0.39, 0.29) is 0 Å². The van der Waals surface area contributed by atoms with Crippen LogP contribution < -0.4 is 0 Å². The minimum Gasteiger partial charge on any atom is -0.478 e. The van der Waals surface area contributed by atoms with Gasteiger partial charge >= 0.3 is 11.9 Å². The summed E-state index contributed by atoms with van der Waals surface area (Å²) in [6.45, 7) is 4.79. The molecular weight excluding hydrogens is 232 g/mol. The van der Waals surface area contributed by atoms with Crippen LogP contribution in [0.2, 0.25) is 0 Å². The second-order valence-corrected chi connectivity index (χ2v) is 4.37. The van der Waals surface area contributed by atoms with E-state index in [0.29, 0.717) is 6.61 Å². The Hall–Kier alpha value is -1.32. The highest BCUT2D eigenvalue weighted by molar-refractivity contribution is 5.90. The fourth-order valence-electron chi connectivity index (χ4n) is 1.77. The minimum atomic E-state index is -1.14. The third-order valence-electron chi connectivity index (χ3n) is 3.02. The van der Waals surface area contributed by atoms with Crippen molar-refractivity contribution in [1.82, 2.24) is 0 Å². The van der Waals surface area contributed by atoms with Crippen molar-refractivity contribution in [1.29, 1.82) is 0 Å². The molecule has 0 aliphatic carbocycles. The van der Waals surface area contributed by atoms with E-state index in [2.05, 4.69) is 13.8 Å². The highest BCUT2D eigenvalue weighted by atomic mass is 16.5. The minimum absolute atomic E-state index is 0.367. The molecule has 0 aliphatic heterocycles. The predicted octanol–water partition coefficient (Wildman–Crippen LogP) is 3.17. The molecule has 0 saturated heterocycles. The van der Waals surface area contributed by atoms with Crippen molar-refractivity contribution in [3.05, 3.63) is 12.2 Å². The smallest absolute Gasteiger partial charge is 0.331 e. The van der Waals surface area contributed by atoms with Gasteiger partial charge in [-0.25, -0.2) is 9.59 Å². The van der Waals surface area contributed by atoms with Crippen molar-refractivity contribution >= 4 is 11.9 Å². The summed E-state index contributed by atoms with van der Waals surface area (Å²) in [5.74, 6) is -0.916. The molecule has 18 heavy (non-hydrogen) atoms.